The number of nitrogens with zero attached hydrogens (tertiary/aromatic N) is 1. The first-order valence-electron chi connectivity index (χ1n) is 7.23. The Morgan fingerprint density at radius 1 is 1.42 bits per heavy atom. The standard InChI is InChI=1S/C14H29N3O2/c1-10(2)7-11(17(3)4)9-16-14(18)13-6-5-12(8-15)19-13/h10-13H,5-9,15H2,1-4H3,(H,16,18). The fraction of sp³-hybridized carbons (Fsp3) is 0.929. The van der Waals surface area contributed by atoms with Crippen LogP contribution in [0.25, 0.3) is 0 Å². The van der Waals surface area contributed by atoms with E-state index < -0.39 is 0 Å². The Hall–Kier alpha value is -0.650. The van der Waals surface area contributed by atoms with Gasteiger partial charge in [0.25, 0.3) is 0 Å². The number of likely N-dealkylation sites (N-methyl/N-ethyl adjacent to an activating group) is 1. The molecule has 3 unspecified atom stereocenters. The number of hydrogen-bond acceptors (Lipinski definition) is 4. The van der Waals surface area contributed by atoms with Gasteiger partial charge in [0.2, 0.25) is 5.91 Å². The molecule has 19 heavy (non-hydrogen) atoms. The highest BCUT2D eigenvalue weighted by Gasteiger charge is 2.30. The van der Waals surface area contributed by atoms with Gasteiger partial charge in [0.05, 0.1) is 6.10 Å². The lowest BCUT2D eigenvalue weighted by Gasteiger charge is -2.26. The van der Waals surface area contributed by atoms with Gasteiger partial charge < -0.3 is 20.7 Å². The lowest BCUT2D eigenvalue weighted by atomic mass is 10.0. The van der Waals surface area contributed by atoms with Crippen LogP contribution in [-0.4, -0.2) is 56.2 Å². The first kappa shape index (κ1) is 16.4. The molecule has 0 aliphatic carbocycles. The second-order valence-electron chi connectivity index (χ2n) is 6.05. The van der Waals surface area contributed by atoms with Crippen molar-refractivity contribution in [1.29, 1.82) is 0 Å². The number of carbonyl (C=O) groups excluding carboxylic acids is 1. The summed E-state index contributed by atoms with van der Waals surface area (Å²) in [5, 5.41) is 3.01. The molecule has 0 aromatic carbocycles. The van der Waals surface area contributed by atoms with Crippen LogP contribution in [0.5, 0.6) is 0 Å². The lowest BCUT2D eigenvalue weighted by Crippen LogP contribution is -2.44. The quantitative estimate of drug-likeness (QED) is 0.711. The third kappa shape index (κ3) is 5.47. The molecule has 112 valence electrons. The van der Waals surface area contributed by atoms with Crippen LogP contribution in [0.2, 0.25) is 0 Å². The van der Waals surface area contributed by atoms with Crippen LogP contribution >= 0.6 is 0 Å². The van der Waals surface area contributed by atoms with Crippen molar-refractivity contribution in [2.45, 2.75) is 51.4 Å². The summed E-state index contributed by atoms with van der Waals surface area (Å²) in [6.07, 6.45) is 2.48. The monoisotopic (exact) mass is 271 g/mol. The zero-order valence-electron chi connectivity index (χ0n) is 12.7. The molecule has 0 spiro atoms. The number of ether oxygens (including phenoxy) is 1. The summed E-state index contributed by atoms with van der Waals surface area (Å²) in [4.78, 5) is 14.2. The third-order valence-electron chi connectivity index (χ3n) is 3.65. The van der Waals surface area contributed by atoms with Gasteiger partial charge in [-0.1, -0.05) is 13.8 Å². The minimum atomic E-state index is -0.310. The Balaban J connectivity index is 2.35. The minimum absolute atomic E-state index is 0.00607. The van der Waals surface area contributed by atoms with E-state index in [-0.39, 0.29) is 18.1 Å². The second kappa shape index (κ2) is 7.82. The molecule has 1 amide bonds. The predicted molar refractivity (Wildman–Crippen MR) is 76.9 cm³/mol. The fourth-order valence-corrected chi connectivity index (χ4v) is 2.43. The normalized spacial score (nSPS) is 25.0. The zero-order chi connectivity index (χ0) is 14.4. The van der Waals surface area contributed by atoms with Crippen LogP contribution < -0.4 is 11.1 Å². The van der Waals surface area contributed by atoms with Crippen molar-refractivity contribution in [3.63, 3.8) is 0 Å². The number of hydrogen-bond donors (Lipinski definition) is 2. The van der Waals surface area contributed by atoms with Crippen molar-refractivity contribution in [3.05, 3.63) is 0 Å². The van der Waals surface area contributed by atoms with E-state index in [1.165, 1.54) is 0 Å². The maximum absolute atomic E-state index is 12.0. The summed E-state index contributed by atoms with van der Waals surface area (Å²) < 4.78 is 5.60. The molecule has 0 bridgehead atoms. The molecule has 3 atom stereocenters. The maximum atomic E-state index is 12.0. The Bertz CT molecular complexity index is 282. The van der Waals surface area contributed by atoms with Gasteiger partial charge in [-0.2, -0.15) is 0 Å². The van der Waals surface area contributed by atoms with Gasteiger partial charge in [-0.3, -0.25) is 4.79 Å². The highest BCUT2D eigenvalue weighted by molar-refractivity contribution is 5.81. The van der Waals surface area contributed by atoms with Gasteiger partial charge in [0.1, 0.15) is 6.10 Å². The molecular formula is C14H29N3O2. The Kier molecular flexibility index (Phi) is 6.75. The molecule has 3 N–H and O–H groups in total. The Morgan fingerprint density at radius 2 is 2.11 bits per heavy atom. The summed E-state index contributed by atoms with van der Waals surface area (Å²) >= 11 is 0. The molecule has 1 rings (SSSR count). The smallest absolute Gasteiger partial charge is 0.249 e. The van der Waals surface area contributed by atoms with E-state index in [0.29, 0.717) is 25.0 Å². The number of nitrogens with two attached hydrogens (primary N) is 1. The minimum Gasteiger partial charge on any atom is -0.364 e. The summed E-state index contributed by atoms with van der Waals surface area (Å²) in [6.45, 7) is 5.57. The van der Waals surface area contributed by atoms with E-state index >= 15 is 0 Å². The first-order valence-corrected chi connectivity index (χ1v) is 7.23. The van der Waals surface area contributed by atoms with E-state index in [2.05, 4.69) is 38.2 Å². The van der Waals surface area contributed by atoms with E-state index in [0.717, 1.165) is 19.3 Å². The van der Waals surface area contributed by atoms with Crippen LogP contribution in [0.3, 0.4) is 0 Å². The van der Waals surface area contributed by atoms with Crippen molar-refractivity contribution in [1.82, 2.24) is 10.2 Å². The van der Waals surface area contributed by atoms with Crippen molar-refractivity contribution >= 4 is 5.91 Å². The molecule has 0 aromatic rings. The number of carbonyl (C=O) groups is 1. The fourth-order valence-electron chi connectivity index (χ4n) is 2.43. The molecule has 1 aliphatic heterocycles. The molecule has 0 aromatic heterocycles. The molecule has 5 heteroatoms. The van der Waals surface area contributed by atoms with E-state index in [1.807, 2.05) is 0 Å². The second-order valence-corrected chi connectivity index (χ2v) is 6.05. The Labute approximate surface area is 116 Å². The summed E-state index contributed by atoms with van der Waals surface area (Å²) in [6, 6.07) is 0.371. The molecule has 0 radical (unpaired) electrons. The molecule has 0 saturated carbocycles. The van der Waals surface area contributed by atoms with Crippen LogP contribution in [0, 0.1) is 5.92 Å². The molecule has 1 aliphatic rings. The van der Waals surface area contributed by atoms with E-state index in [1.54, 1.807) is 0 Å². The molecule has 5 nitrogen and oxygen atoms in total. The highest BCUT2D eigenvalue weighted by atomic mass is 16.5. The average molecular weight is 271 g/mol. The lowest BCUT2D eigenvalue weighted by molar-refractivity contribution is -0.132. The van der Waals surface area contributed by atoms with Crippen molar-refractivity contribution in [2.75, 3.05) is 27.2 Å². The summed E-state index contributed by atoms with van der Waals surface area (Å²) in [5.74, 6) is 0.625. The van der Waals surface area contributed by atoms with Gasteiger partial charge in [-0.05, 0) is 39.3 Å². The number of rotatable bonds is 7. The number of nitrogens with one attached hydrogen (secondary N) is 1. The third-order valence-corrected chi connectivity index (χ3v) is 3.65. The molecular weight excluding hydrogens is 242 g/mol. The van der Waals surface area contributed by atoms with Crippen LogP contribution in [0.1, 0.15) is 33.1 Å². The van der Waals surface area contributed by atoms with Gasteiger partial charge in [-0.15, -0.1) is 0 Å². The van der Waals surface area contributed by atoms with Crippen LogP contribution in [-0.2, 0) is 9.53 Å². The van der Waals surface area contributed by atoms with Crippen molar-refractivity contribution < 1.29 is 9.53 Å². The van der Waals surface area contributed by atoms with Gasteiger partial charge in [-0.25, -0.2) is 0 Å². The summed E-state index contributed by atoms with van der Waals surface area (Å²) in [5.41, 5.74) is 5.55. The predicted octanol–water partition coefficient (Wildman–Crippen LogP) is 0.585. The molecule has 1 heterocycles. The van der Waals surface area contributed by atoms with E-state index in [9.17, 15) is 4.79 Å². The van der Waals surface area contributed by atoms with Gasteiger partial charge >= 0.3 is 0 Å². The van der Waals surface area contributed by atoms with Gasteiger partial charge in [0.15, 0.2) is 0 Å². The molecule has 1 saturated heterocycles. The van der Waals surface area contributed by atoms with Crippen molar-refractivity contribution in [3.8, 4) is 0 Å². The van der Waals surface area contributed by atoms with Crippen molar-refractivity contribution in [2.24, 2.45) is 11.7 Å². The van der Waals surface area contributed by atoms with E-state index in [4.69, 9.17) is 10.5 Å². The molecule has 1 fully saturated rings. The van der Waals surface area contributed by atoms with Crippen LogP contribution in [0.4, 0.5) is 0 Å². The largest absolute Gasteiger partial charge is 0.364 e. The SMILES string of the molecule is CC(C)CC(CNC(=O)C1CCC(CN)O1)N(C)C. The van der Waals surface area contributed by atoms with Crippen LogP contribution in [0.15, 0.2) is 0 Å². The first-order chi connectivity index (χ1) is 8.93. The maximum Gasteiger partial charge on any atom is 0.249 e. The van der Waals surface area contributed by atoms with Gasteiger partial charge in [0, 0.05) is 19.1 Å². The summed E-state index contributed by atoms with van der Waals surface area (Å²) in [7, 11) is 4.10. The highest BCUT2D eigenvalue weighted by Crippen LogP contribution is 2.19. The Morgan fingerprint density at radius 3 is 2.58 bits per heavy atom. The number of amides is 1. The average Bonchev–Trinajstić information content (AvgIpc) is 2.82. The topological polar surface area (TPSA) is 67.6 Å². The zero-order valence-corrected chi connectivity index (χ0v) is 12.7.